The van der Waals surface area contributed by atoms with E-state index < -0.39 is 5.91 Å². The van der Waals surface area contributed by atoms with E-state index in [4.69, 9.17) is 15.7 Å². The monoisotopic (exact) mass is 190 g/mol. The summed E-state index contributed by atoms with van der Waals surface area (Å²) in [6, 6.07) is 4.96. The van der Waals surface area contributed by atoms with Crippen LogP contribution in [-0.2, 0) is 0 Å². The summed E-state index contributed by atoms with van der Waals surface area (Å²) in [7, 11) is 1.51. The van der Waals surface area contributed by atoms with Gasteiger partial charge in [0.2, 0.25) is 5.91 Å². The van der Waals surface area contributed by atoms with Crippen LogP contribution in [0, 0.1) is 18.3 Å². The lowest BCUT2D eigenvalue weighted by Gasteiger charge is -2.07. The molecular formula is C10H10N2O2. The average molecular weight is 190 g/mol. The molecule has 1 rings (SSSR count). The van der Waals surface area contributed by atoms with E-state index in [1.807, 2.05) is 6.07 Å². The molecule has 0 aliphatic rings. The minimum absolute atomic E-state index is 0.228. The third kappa shape index (κ3) is 1.67. The number of hydrogen-bond acceptors (Lipinski definition) is 3. The zero-order valence-corrected chi connectivity index (χ0v) is 8.00. The van der Waals surface area contributed by atoms with Crippen molar-refractivity contribution in [1.82, 2.24) is 0 Å². The number of carbonyl (C=O) groups excluding carboxylic acids is 1. The second-order valence-corrected chi connectivity index (χ2v) is 2.84. The molecular weight excluding hydrogens is 180 g/mol. The summed E-state index contributed by atoms with van der Waals surface area (Å²) in [6.07, 6.45) is 0. The molecule has 4 heteroatoms. The molecule has 1 amide bonds. The first-order valence-corrected chi connectivity index (χ1v) is 3.98. The van der Waals surface area contributed by atoms with Gasteiger partial charge in [0, 0.05) is 0 Å². The highest BCUT2D eigenvalue weighted by Crippen LogP contribution is 2.22. The molecule has 0 aliphatic heterocycles. The number of rotatable bonds is 2. The Morgan fingerprint density at radius 3 is 2.64 bits per heavy atom. The highest BCUT2D eigenvalue weighted by molar-refractivity contribution is 5.95. The molecule has 0 fully saturated rings. The van der Waals surface area contributed by atoms with Crippen LogP contribution in [0.1, 0.15) is 21.5 Å². The molecule has 1 aromatic rings. The fraction of sp³-hybridized carbons (Fsp3) is 0.200. The third-order valence-electron chi connectivity index (χ3n) is 1.92. The lowest BCUT2D eigenvalue weighted by Crippen LogP contribution is -2.13. The van der Waals surface area contributed by atoms with Crippen LogP contribution in [0.4, 0.5) is 0 Å². The molecule has 0 spiro atoms. The van der Waals surface area contributed by atoms with Crippen molar-refractivity contribution in [3.63, 3.8) is 0 Å². The van der Waals surface area contributed by atoms with Gasteiger partial charge in [0.05, 0.1) is 18.2 Å². The molecule has 0 heterocycles. The Bertz CT molecular complexity index is 419. The highest BCUT2D eigenvalue weighted by atomic mass is 16.5. The van der Waals surface area contributed by atoms with Gasteiger partial charge in [0.15, 0.2) is 0 Å². The topological polar surface area (TPSA) is 76.1 Å². The Balaban J connectivity index is 3.41. The Hall–Kier alpha value is -2.02. The summed E-state index contributed by atoms with van der Waals surface area (Å²) >= 11 is 0. The Labute approximate surface area is 81.9 Å². The zero-order chi connectivity index (χ0) is 10.7. The summed E-state index contributed by atoms with van der Waals surface area (Å²) in [6.45, 7) is 1.78. The van der Waals surface area contributed by atoms with Gasteiger partial charge in [-0.3, -0.25) is 4.79 Å². The molecule has 0 aliphatic carbocycles. The third-order valence-corrected chi connectivity index (χ3v) is 1.92. The molecule has 4 nitrogen and oxygen atoms in total. The molecule has 0 atom stereocenters. The van der Waals surface area contributed by atoms with Gasteiger partial charge >= 0.3 is 0 Å². The van der Waals surface area contributed by atoms with Crippen molar-refractivity contribution in [3.05, 3.63) is 28.8 Å². The van der Waals surface area contributed by atoms with Gasteiger partial charge in [-0.1, -0.05) is 0 Å². The van der Waals surface area contributed by atoms with E-state index in [-0.39, 0.29) is 11.1 Å². The quantitative estimate of drug-likeness (QED) is 0.755. The van der Waals surface area contributed by atoms with Crippen molar-refractivity contribution < 1.29 is 9.53 Å². The lowest BCUT2D eigenvalue weighted by atomic mass is 10.0. The molecule has 0 bridgehead atoms. The fourth-order valence-corrected chi connectivity index (χ4v) is 1.20. The number of ether oxygens (including phenoxy) is 1. The number of amides is 1. The van der Waals surface area contributed by atoms with E-state index in [9.17, 15) is 4.79 Å². The molecule has 0 radical (unpaired) electrons. The fourth-order valence-electron chi connectivity index (χ4n) is 1.20. The van der Waals surface area contributed by atoms with Crippen LogP contribution in [-0.4, -0.2) is 13.0 Å². The van der Waals surface area contributed by atoms with Gasteiger partial charge in [-0.15, -0.1) is 0 Å². The van der Waals surface area contributed by atoms with Gasteiger partial charge in [0.1, 0.15) is 11.8 Å². The maximum absolute atomic E-state index is 11.0. The van der Waals surface area contributed by atoms with Crippen LogP contribution < -0.4 is 10.5 Å². The van der Waals surface area contributed by atoms with Gasteiger partial charge in [0.25, 0.3) is 0 Å². The SMILES string of the molecule is COc1cc(C#N)c(C(N)=O)cc1C. The van der Waals surface area contributed by atoms with Crippen molar-refractivity contribution in [1.29, 1.82) is 5.26 Å². The highest BCUT2D eigenvalue weighted by Gasteiger charge is 2.11. The number of benzene rings is 1. The largest absolute Gasteiger partial charge is 0.496 e. The first kappa shape index (κ1) is 10.1. The Morgan fingerprint density at radius 1 is 1.57 bits per heavy atom. The van der Waals surface area contributed by atoms with Crippen LogP contribution in [0.5, 0.6) is 5.75 Å². The van der Waals surface area contributed by atoms with Crippen molar-refractivity contribution >= 4 is 5.91 Å². The molecule has 2 N–H and O–H groups in total. The first-order valence-electron chi connectivity index (χ1n) is 3.98. The van der Waals surface area contributed by atoms with Crippen LogP contribution in [0.3, 0.4) is 0 Å². The molecule has 1 aromatic carbocycles. The van der Waals surface area contributed by atoms with Gasteiger partial charge < -0.3 is 10.5 Å². The van der Waals surface area contributed by atoms with Crippen molar-refractivity contribution in [3.8, 4) is 11.8 Å². The molecule has 72 valence electrons. The number of primary amides is 1. The summed E-state index contributed by atoms with van der Waals surface area (Å²) < 4.78 is 5.02. The predicted octanol–water partition coefficient (Wildman–Crippen LogP) is 0.974. The van der Waals surface area contributed by atoms with Crippen LogP contribution in [0.15, 0.2) is 12.1 Å². The lowest BCUT2D eigenvalue weighted by molar-refractivity contribution is 0.1000. The van der Waals surface area contributed by atoms with Crippen molar-refractivity contribution in [2.45, 2.75) is 6.92 Å². The zero-order valence-electron chi connectivity index (χ0n) is 8.00. The normalized spacial score (nSPS) is 9.21. The van der Waals surface area contributed by atoms with Crippen molar-refractivity contribution in [2.75, 3.05) is 7.11 Å². The average Bonchev–Trinajstić information content (AvgIpc) is 2.17. The van der Waals surface area contributed by atoms with E-state index in [2.05, 4.69) is 0 Å². The maximum Gasteiger partial charge on any atom is 0.250 e. The van der Waals surface area contributed by atoms with E-state index in [0.29, 0.717) is 5.75 Å². The Kier molecular flexibility index (Phi) is 2.73. The standard InChI is InChI=1S/C10H10N2O2/c1-6-3-8(10(12)13)7(5-11)4-9(6)14-2/h3-4H,1-2H3,(H2,12,13). The second-order valence-electron chi connectivity index (χ2n) is 2.84. The minimum atomic E-state index is -0.604. The maximum atomic E-state index is 11.0. The molecule has 14 heavy (non-hydrogen) atoms. The second kappa shape index (κ2) is 3.79. The van der Waals surface area contributed by atoms with Crippen LogP contribution in [0.2, 0.25) is 0 Å². The molecule has 0 saturated carbocycles. The number of nitriles is 1. The summed E-state index contributed by atoms with van der Waals surface area (Å²) in [5.74, 6) is -0.0288. The van der Waals surface area contributed by atoms with E-state index in [1.165, 1.54) is 13.2 Å². The number of carbonyl (C=O) groups is 1. The number of hydrogen-bond donors (Lipinski definition) is 1. The molecule has 0 saturated heterocycles. The van der Waals surface area contributed by atoms with Gasteiger partial charge in [-0.25, -0.2) is 0 Å². The molecule has 0 aromatic heterocycles. The number of methoxy groups -OCH3 is 1. The predicted molar refractivity (Wildman–Crippen MR) is 51.0 cm³/mol. The minimum Gasteiger partial charge on any atom is -0.496 e. The summed E-state index contributed by atoms with van der Waals surface area (Å²) in [4.78, 5) is 11.0. The van der Waals surface area contributed by atoms with Gasteiger partial charge in [-0.2, -0.15) is 5.26 Å². The summed E-state index contributed by atoms with van der Waals surface area (Å²) in [5.41, 5.74) is 6.36. The number of aryl methyl sites for hydroxylation is 1. The Morgan fingerprint density at radius 2 is 2.21 bits per heavy atom. The number of nitrogens with zero attached hydrogens (tertiary/aromatic N) is 1. The van der Waals surface area contributed by atoms with Gasteiger partial charge in [-0.05, 0) is 24.6 Å². The van der Waals surface area contributed by atoms with E-state index >= 15 is 0 Å². The summed E-state index contributed by atoms with van der Waals surface area (Å²) in [5, 5.41) is 8.76. The van der Waals surface area contributed by atoms with E-state index in [1.54, 1.807) is 13.0 Å². The smallest absolute Gasteiger partial charge is 0.250 e. The van der Waals surface area contributed by atoms with E-state index in [0.717, 1.165) is 5.56 Å². The number of nitrogens with two attached hydrogens (primary N) is 1. The first-order chi connectivity index (χ1) is 6.60. The van der Waals surface area contributed by atoms with Crippen LogP contribution in [0.25, 0.3) is 0 Å². The molecule has 0 unspecified atom stereocenters. The van der Waals surface area contributed by atoms with Crippen LogP contribution >= 0.6 is 0 Å². The van der Waals surface area contributed by atoms with Crippen molar-refractivity contribution in [2.24, 2.45) is 5.73 Å².